The lowest BCUT2D eigenvalue weighted by Gasteiger charge is -2.59. The lowest BCUT2D eigenvalue weighted by atomic mass is 9.56. The van der Waals surface area contributed by atoms with Crippen LogP contribution in [0.4, 0.5) is 0 Å². The number of amides is 1. The summed E-state index contributed by atoms with van der Waals surface area (Å²) >= 11 is 0. The van der Waals surface area contributed by atoms with Gasteiger partial charge in [0.1, 0.15) is 0 Å². The van der Waals surface area contributed by atoms with Crippen LogP contribution in [0.5, 0.6) is 0 Å². The number of nitrogens with one attached hydrogen (secondary N) is 1. The van der Waals surface area contributed by atoms with E-state index in [1.54, 1.807) is 14.0 Å². The van der Waals surface area contributed by atoms with E-state index in [9.17, 15) is 4.79 Å². The molecule has 0 aromatic carbocycles. The standard InChI is InChI=1S/C11H22N2O2/c1-7(12)9(14)13-8-6-11(4,15-5)10(8,2)3/h7-8H,6,12H2,1-5H3,(H,13,14)/t7-,8?,11?/m0/s1. The van der Waals surface area contributed by atoms with Crippen LogP contribution >= 0.6 is 0 Å². The van der Waals surface area contributed by atoms with Crippen molar-refractivity contribution in [2.24, 2.45) is 11.1 Å². The first kappa shape index (κ1) is 12.5. The van der Waals surface area contributed by atoms with Crippen molar-refractivity contribution in [3.8, 4) is 0 Å². The number of rotatable bonds is 3. The molecule has 0 heterocycles. The minimum Gasteiger partial charge on any atom is -0.378 e. The molecule has 0 aromatic heterocycles. The topological polar surface area (TPSA) is 64.3 Å². The fourth-order valence-corrected chi connectivity index (χ4v) is 2.03. The molecule has 0 spiro atoms. The number of carbonyl (C=O) groups is 1. The smallest absolute Gasteiger partial charge is 0.236 e. The Labute approximate surface area is 91.5 Å². The average molecular weight is 214 g/mol. The van der Waals surface area contributed by atoms with Crippen LogP contribution in [0, 0.1) is 5.41 Å². The number of ether oxygens (including phenoxy) is 1. The first-order valence-corrected chi connectivity index (χ1v) is 5.36. The summed E-state index contributed by atoms with van der Waals surface area (Å²) < 4.78 is 5.48. The second kappa shape index (κ2) is 3.76. The van der Waals surface area contributed by atoms with Crippen LogP contribution in [0.2, 0.25) is 0 Å². The van der Waals surface area contributed by atoms with Gasteiger partial charge in [0.15, 0.2) is 0 Å². The molecular formula is C11H22N2O2. The highest BCUT2D eigenvalue weighted by atomic mass is 16.5. The highest BCUT2D eigenvalue weighted by molar-refractivity contribution is 5.81. The molecular weight excluding hydrogens is 192 g/mol. The van der Waals surface area contributed by atoms with Gasteiger partial charge in [-0.2, -0.15) is 0 Å². The lowest BCUT2D eigenvalue weighted by Crippen LogP contribution is -2.69. The van der Waals surface area contributed by atoms with Gasteiger partial charge in [-0.05, 0) is 20.3 Å². The summed E-state index contributed by atoms with van der Waals surface area (Å²) in [5, 5.41) is 2.95. The lowest BCUT2D eigenvalue weighted by molar-refractivity contribution is -0.182. The van der Waals surface area contributed by atoms with Crippen molar-refractivity contribution in [3.05, 3.63) is 0 Å². The SMILES string of the molecule is COC1(C)CC(NC(=O)[C@H](C)N)C1(C)C. The molecule has 1 fully saturated rings. The second-order valence-electron chi connectivity index (χ2n) is 5.21. The van der Waals surface area contributed by atoms with E-state index in [2.05, 4.69) is 26.1 Å². The summed E-state index contributed by atoms with van der Waals surface area (Å²) in [5.74, 6) is -0.0915. The molecule has 0 aromatic rings. The molecule has 3 N–H and O–H groups in total. The van der Waals surface area contributed by atoms with Crippen molar-refractivity contribution in [1.29, 1.82) is 0 Å². The normalized spacial score (nSPS) is 35.5. The molecule has 2 unspecified atom stereocenters. The van der Waals surface area contributed by atoms with Crippen molar-refractivity contribution in [3.63, 3.8) is 0 Å². The van der Waals surface area contributed by atoms with Gasteiger partial charge < -0.3 is 15.8 Å². The molecule has 0 radical (unpaired) electrons. The third-order valence-electron chi connectivity index (χ3n) is 4.01. The predicted molar refractivity (Wildman–Crippen MR) is 59.4 cm³/mol. The zero-order valence-corrected chi connectivity index (χ0v) is 10.3. The zero-order valence-electron chi connectivity index (χ0n) is 10.3. The monoisotopic (exact) mass is 214 g/mol. The van der Waals surface area contributed by atoms with Crippen molar-refractivity contribution in [2.75, 3.05) is 7.11 Å². The van der Waals surface area contributed by atoms with E-state index in [0.29, 0.717) is 0 Å². The van der Waals surface area contributed by atoms with E-state index in [1.165, 1.54) is 0 Å². The number of methoxy groups -OCH3 is 1. The molecule has 4 nitrogen and oxygen atoms in total. The fourth-order valence-electron chi connectivity index (χ4n) is 2.03. The molecule has 1 aliphatic rings. The predicted octanol–water partition coefficient (Wildman–Crippen LogP) is 0.653. The maximum absolute atomic E-state index is 11.5. The quantitative estimate of drug-likeness (QED) is 0.725. The van der Waals surface area contributed by atoms with E-state index in [0.717, 1.165) is 6.42 Å². The number of nitrogens with two attached hydrogens (primary N) is 1. The largest absolute Gasteiger partial charge is 0.378 e. The van der Waals surface area contributed by atoms with E-state index < -0.39 is 6.04 Å². The molecule has 4 heteroatoms. The maximum Gasteiger partial charge on any atom is 0.236 e. The summed E-state index contributed by atoms with van der Waals surface area (Å²) in [5.41, 5.74) is 5.31. The average Bonchev–Trinajstić information content (AvgIpc) is 2.16. The van der Waals surface area contributed by atoms with Gasteiger partial charge in [0, 0.05) is 18.6 Å². The van der Waals surface area contributed by atoms with Gasteiger partial charge in [0.25, 0.3) is 0 Å². The number of hydrogen-bond donors (Lipinski definition) is 2. The van der Waals surface area contributed by atoms with E-state index in [-0.39, 0.29) is 23.0 Å². The Balaban J connectivity index is 2.60. The maximum atomic E-state index is 11.5. The van der Waals surface area contributed by atoms with Crippen LogP contribution in [0.25, 0.3) is 0 Å². The molecule has 3 atom stereocenters. The molecule has 0 aliphatic heterocycles. The minimum atomic E-state index is -0.449. The molecule has 1 saturated carbocycles. The Morgan fingerprint density at radius 1 is 1.53 bits per heavy atom. The van der Waals surface area contributed by atoms with Crippen LogP contribution in [-0.4, -0.2) is 30.7 Å². The van der Waals surface area contributed by atoms with Crippen LogP contribution in [-0.2, 0) is 9.53 Å². The van der Waals surface area contributed by atoms with E-state index >= 15 is 0 Å². The molecule has 88 valence electrons. The Kier molecular flexibility index (Phi) is 3.12. The van der Waals surface area contributed by atoms with E-state index in [4.69, 9.17) is 10.5 Å². The molecule has 1 amide bonds. The van der Waals surface area contributed by atoms with Crippen LogP contribution in [0.1, 0.15) is 34.1 Å². The van der Waals surface area contributed by atoms with Gasteiger partial charge in [-0.25, -0.2) is 0 Å². The minimum absolute atomic E-state index is 0.0493. The van der Waals surface area contributed by atoms with Crippen LogP contribution in [0.3, 0.4) is 0 Å². The van der Waals surface area contributed by atoms with Gasteiger partial charge in [-0.1, -0.05) is 13.8 Å². The Hall–Kier alpha value is -0.610. The van der Waals surface area contributed by atoms with Gasteiger partial charge >= 0.3 is 0 Å². The fraction of sp³-hybridized carbons (Fsp3) is 0.909. The number of carbonyl (C=O) groups excluding carboxylic acids is 1. The van der Waals surface area contributed by atoms with Crippen molar-refractivity contribution in [1.82, 2.24) is 5.32 Å². The van der Waals surface area contributed by atoms with E-state index in [1.807, 2.05) is 0 Å². The Morgan fingerprint density at radius 3 is 2.40 bits per heavy atom. The van der Waals surface area contributed by atoms with Crippen molar-refractivity contribution >= 4 is 5.91 Å². The summed E-state index contributed by atoms with van der Waals surface area (Å²) in [4.78, 5) is 11.5. The number of hydrogen-bond acceptors (Lipinski definition) is 3. The summed E-state index contributed by atoms with van der Waals surface area (Å²) in [6, 6.07) is -0.295. The van der Waals surface area contributed by atoms with Crippen LogP contribution < -0.4 is 11.1 Å². The van der Waals surface area contributed by atoms with Crippen molar-refractivity contribution in [2.45, 2.75) is 51.8 Å². The first-order chi connectivity index (χ1) is 6.74. The van der Waals surface area contributed by atoms with Gasteiger partial charge in [0.2, 0.25) is 5.91 Å². The summed E-state index contributed by atoms with van der Waals surface area (Å²) in [6.45, 7) is 7.97. The van der Waals surface area contributed by atoms with Gasteiger partial charge in [-0.3, -0.25) is 4.79 Å². The zero-order chi connectivity index (χ0) is 11.9. The molecule has 1 rings (SSSR count). The third-order valence-corrected chi connectivity index (χ3v) is 4.01. The third kappa shape index (κ3) is 1.88. The highest BCUT2D eigenvalue weighted by Crippen LogP contribution is 2.51. The van der Waals surface area contributed by atoms with Gasteiger partial charge in [0.05, 0.1) is 11.6 Å². The summed E-state index contributed by atoms with van der Waals surface area (Å²) in [7, 11) is 1.71. The van der Waals surface area contributed by atoms with Gasteiger partial charge in [-0.15, -0.1) is 0 Å². The molecule has 0 saturated heterocycles. The van der Waals surface area contributed by atoms with Crippen LogP contribution in [0.15, 0.2) is 0 Å². The first-order valence-electron chi connectivity index (χ1n) is 5.36. The summed E-state index contributed by atoms with van der Waals surface area (Å²) in [6.07, 6.45) is 0.842. The highest BCUT2D eigenvalue weighted by Gasteiger charge is 2.58. The molecule has 15 heavy (non-hydrogen) atoms. The van der Waals surface area contributed by atoms with Crippen molar-refractivity contribution < 1.29 is 9.53 Å². The Bertz CT molecular complexity index is 263. The second-order valence-corrected chi connectivity index (χ2v) is 5.21. The Morgan fingerprint density at radius 2 is 2.07 bits per heavy atom. The molecule has 1 aliphatic carbocycles. The molecule has 0 bridgehead atoms.